The van der Waals surface area contributed by atoms with Gasteiger partial charge in [-0.2, -0.15) is 4.98 Å². The van der Waals surface area contributed by atoms with Crippen LogP contribution >= 0.6 is 0 Å². The fourth-order valence-electron chi connectivity index (χ4n) is 3.00. The number of hydrogen-bond acceptors (Lipinski definition) is 6. The van der Waals surface area contributed by atoms with E-state index in [0.29, 0.717) is 42.8 Å². The third-order valence-electron chi connectivity index (χ3n) is 4.25. The maximum absolute atomic E-state index is 13.8. The molecule has 1 aliphatic heterocycles. The Morgan fingerprint density at radius 3 is 2.88 bits per heavy atom. The standard InChI is InChI=1S/C16H14FN3O4/c17-11-7-10-1-4-23-13(10)12(8-11)14(21)19-16(2-5-22-6-3-16)15-18-9-24-20-15/h1,4,7-9H,2-3,5-6H2,(H,19,21). The number of aromatic nitrogens is 2. The third kappa shape index (κ3) is 2.44. The summed E-state index contributed by atoms with van der Waals surface area (Å²) in [6, 6.07) is 4.09. The van der Waals surface area contributed by atoms with Gasteiger partial charge in [0.1, 0.15) is 16.9 Å². The molecule has 7 nitrogen and oxygen atoms in total. The van der Waals surface area contributed by atoms with Crippen LogP contribution in [0.25, 0.3) is 11.0 Å². The van der Waals surface area contributed by atoms with Crippen molar-refractivity contribution >= 4 is 16.9 Å². The first kappa shape index (κ1) is 14.8. The van der Waals surface area contributed by atoms with E-state index >= 15 is 0 Å². The lowest BCUT2D eigenvalue weighted by Gasteiger charge is -2.35. The summed E-state index contributed by atoms with van der Waals surface area (Å²) in [4.78, 5) is 16.9. The topological polar surface area (TPSA) is 90.4 Å². The number of nitrogens with one attached hydrogen (secondary N) is 1. The molecule has 1 saturated heterocycles. The van der Waals surface area contributed by atoms with E-state index < -0.39 is 17.3 Å². The molecule has 0 radical (unpaired) electrons. The highest BCUT2D eigenvalue weighted by Crippen LogP contribution is 2.31. The number of hydrogen-bond donors (Lipinski definition) is 1. The van der Waals surface area contributed by atoms with Crippen molar-refractivity contribution in [3.05, 3.63) is 48.1 Å². The molecule has 2 aromatic heterocycles. The number of carbonyl (C=O) groups excluding carboxylic acids is 1. The van der Waals surface area contributed by atoms with Crippen LogP contribution in [0.5, 0.6) is 0 Å². The van der Waals surface area contributed by atoms with E-state index in [9.17, 15) is 9.18 Å². The second-order valence-electron chi connectivity index (χ2n) is 5.70. The predicted octanol–water partition coefficient (Wildman–Crippen LogP) is 2.39. The molecule has 1 fully saturated rings. The molecular formula is C16H14FN3O4. The number of carbonyl (C=O) groups is 1. The molecule has 0 bridgehead atoms. The van der Waals surface area contributed by atoms with E-state index in [4.69, 9.17) is 13.7 Å². The lowest BCUT2D eigenvalue weighted by atomic mass is 9.88. The third-order valence-corrected chi connectivity index (χ3v) is 4.25. The summed E-state index contributed by atoms with van der Waals surface area (Å²) in [6.45, 7) is 0.905. The second-order valence-corrected chi connectivity index (χ2v) is 5.70. The van der Waals surface area contributed by atoms with Gasteiger partial charge in [0, 0.05) is 31.4 Å². The molecule has 8 heteroatoms. The first-order valence-electron chi connectivity index (χ1n) is 7.52. The zero-order valence-corrected chi connectivity index (χ0v) is 12.6. The number of nitrogens with zero attached hydrogens (tertiary/aromatic N) is 2. The number of rotatable bonds is 3. The van der Waals surface area contributed by atoms with E-state index in [0.717, 1.165) is 6.07 Å². The van der Waals surface area contributed by atoms with Gasteiger partial charge < -0.3 is 19.0 Å². The van der Waals surface area contributed by atoms with Gasteiger partial charge in [0.15, 0.2) is 5.82 Å². The molecule has 1 N–H and O–H groups in total. The first-order chi connectivity index (χ1) is 11.7. The number of ether oxygens (including phenoxy) is 1. The number of halogens is 1. The van der Waals surface area contributed by atoms with Gasteiger partial charge >= 0.3 is 0 Å². The Hall–Kier alpha value is -2.74. The van der Waals surface area contributed by atoms with Gasteiger partial charge in [0.25, 0.3) is 5.91 Å². The summed E-state index contributed by atoms with van der Waals surface area (Å²) in [6.07, 6.45) is 3.62. The van der Waals surface area contributed by atoms with Crippen molar-refractivity contribution < 1.29 is 22.9 Å². The highest BCUT2D eigenvalue weighted by atomic mass is 19.1. The van der Waals surface area contributed by atoms with E-state index in [2.05, 4.69) is 15.5 Å². The summed E-state index contributed by atoms with van der Waals surface area (Å²) in [7, 11) is 0. The van der Waals surface area contributed by atoms with Crippen molar-refractivity contribution in [1.29, 1.82) is 0 Å². The lowest BCUT2D eigenvalue weighted by Crippen LogP contribution is -2.50. The predicted molar refractivity (Wildman–Crippen MR) is 79.7 cm³/mol. The van der Waals surface area contributed by atoms with E-state index in [1.807, 2.05) is 0 Å². The fraction of sp³-hybridized carbons (Fsp3) is 0.312. The zero-order valence-electron chi connectivity index (χ0n) is 12.6. The monoisotopic (exact) mass is 331 g/mol. The van der Waals surface area contributed by atoms with Crippen LogP contribution in [0, 0.1) is 5.82 Å². The number of furan rings is 1. The summed E-state index contributed by atoms with van der Waals surface area (Å²) in [5, 5.41) is 7.33. The van der Waals surface area contributed by atoms with Gasteiger partial charge in [0.2, 0.25) is 6.39 Å². The SMILES string of the molecule is O=C(NC1(c2ncon2)CCOCC1)c1cc(F)cc2ccoc12. The minimum Gasteiger partial charge on any atom is -0.464 e. The molecule has 0 atom stereocenters. The molecule has 3 heterocycles. The van der Waals surface area contributed by atoms with Crippen LogP contribution < -0.4 is 5.32 Å². The Balaban J connectivity index is 1.72. The van der Waals surface area contributed by atoms with Crippen LogP contribution in [0.4, 0.5) is 4.39 Å². The Labute approximate surface area is 135 Å². The minimum atomic E-state index is -0.812. The Kier molecular flexibility index (Phi) is 3.53. The van der Waals surface area contributed by atoms with Crippen molar-refractivity contribution in [2.75, 3.05) is 13.2 Å². The van der Waals surface area contributed by atoms with Gasteiger partial charge in [0.05, 0.1) is 11.8 Å². The summed E-state index contributed by atoms with van der Waals surface area (Å²) >= 11 is 0. The molecule has 1 aromatic carbocycles. The molecule has 3 aromatic rings. The van der Waals surface area contributed by atoms with Crippen molar-refractivity contribution in [3.8, 4) is 0 Å². The van der Waals surface area contributed by atoms with Crippen LogP contribution in [0.2, 0.25) is 0 Å². The van der Waals surface area contributed by atoms with Crippen molar-refractivity contribution in [2.45, 2.75) is 18.4 Å². The first-order valence-corrected chi connectivity index (χ1v) is 7.52. The fourth-order valence-corrected chi connectivity index (χ4v) is 3.00. The van der Waals surface area contributed by atoms with Gasteiger partial charge in [-0.15, -0.1) is 0 Å². The maximum Gasteiger partial charge on any atom is 0.256 e. The molecule has 24 heavy (non-hydrogen) atoms. The average molecular weight is 331 g/mol. The average Bonchev–Trinajstić information content (AvgIpc) is 3.26. The van der Waals surface area contributed by atoms with Gasteiger partial charge in [-0.3, -0.25) is 4.79 Å². The second kappa shape index (κ2) is 5.72. The highest BCUT2D eigenvalue weighted by molar-refractivity contribution is 6.05. The summed E-state index contributed by atoms with van der Waals surface area (Å²) in [5.41, 5.74) is -0.346. The largest absolute Gasteiger partial charge is 0.464 e. The van der Waals surface area contributed by atoms with Crippen LogP contribution in [-0.4, -0.2) is 29.3 Å². The molecule has 0 unspecified atom stereocenters. The van der Waals surface area contributed by atoms with Crippen LogP contribution in [0.1, 0.15) is 29.0 Å². The molecule has 4 rings (SSSR count). The lowest BCUT2D eigenvalue weighted by molar-refractivity contribution is 0.0306. The molecule has 0 spiro atoms. The van der Waals surface area contributed by atoms with Gasteiger partial charge in [-0.25, -0.2) is 4.39 Å². The van der Waals surface area contributed by atoms with E-state index in [-0.39, 0.29) is 5.56 Å². The number of amides is 1. The molecule has 1 amide bonds. The van der Waals surface area contributed by atoms with Crippen molar-refractivity contribution in [3.63, 3.8) is 0 Å². The Morgan fingerprint density at radius 1 is 1.29 bits per heavy atom. The molecular weight excluding hydrogens is 317 g/mol. The van der Waals surface area contributed by atoms with E-state index in [1.54, 1.807) is 6.07 Å². The van der Waals surface area contributed by atoms with Gasteiger partial charge in [-0.1, -0.05) is 5.16 Å². The van der Waals surface area contributed by atoms with Gasteiger partial charge in [-0.05, 0) is 18.2 Å². The van der Waals surface area contributed by atoms with Crippen molar-refractivity contribution in [2.24, 2.45) is 0 Å². The molecule has 0 aliphatic carbocycles. The Morgan fingerprint density at radius 2 is 2.12 bits per heavy atom. The van der Waals surface area contributed by atoms with Crippen LogP contribution in [0.3, 0.4) is 0 Å². The summed E-state index contributed by atoms with van der Waals surface area (Å²) < 4.78 is 29.3. The maximum atomic E-state index is 13.8. The van der Waals surface area contributed by atoms with E-state index in [1.165, 1.54) is 18.7 Å². The quantitative estimate of drug-likeness (QED) is 0.792. The zero-order chi connectivity index (χ0) is 16.6. The highest BCUT2D eigenvalue weighted by Gasteiger charge is 2.40. The minimum absolute atomic E-state index is 0.129. The number of fused-ring (bicyclic) bond motifs is 1. The molecule has 124 valence electrons. The smallest absolute Gasteiger partial charge is 0.256 e. The molecule has 0 saturated carbocycles. The van der Waals surface area contributed by atoms with Crippen LogP contribution in [-0.2, 0) is 10.3 Å². The number of benzene rings is 1. The normalized spacial score (nSPS) is 17.0. The Bertz CT molecular complexity index is 869. The van der Waals surface area contributed by atoms with Crippen LogP contribution in [0.15, 0.2) is 39.8 Å². The van der Waals surface area contributed by atoms with Crippen molar-refractivity contribution in [1.82, 2.24) is 15.5 Å². The molecule has 1 aliphatic rings. The summed E-state index contributed by atoms with van der Waals surface area (Å²) in [5.74, 6) is -0.581.